The number of rotatable bonds is 7. The standard InChI is InChI=1S/C20H17F2N3O3S/c1-12(19(27)24-17-8-7-13(21)9-16(17)22)29-20-23-14(10-18(26)25-20)11-28-15-5-3-2-4-6-15/h2-10,12H,11H2,1H3,(H,24,27)(H,23,25,26). The number of thioether (sulfide) groups is 1. The van der Waals surface area contributed by atoms with Gasteiger partial charge in [-0.2, -0.15) is 0 Å². The first-order valence-electron chi connectivity index (χ1n) is 8.61. The summed E-state index contributed by atoms with van der Waals surface area (Å²) in [6.45, 7) is 1.66. The van der Waals surface area contributed by atoms with E-state index in [0.717, 1.165) is 23.9 Å². The fourth-order valence-corrected chi connectivity index (χ4v) is 3.16. The molecule has 0 saturated heterocycles. The molecule has 0 saturated carbocycles. The van der Waals surface area contributed by atoms with E-state index in [4.69, 9.17) is 4.74 Å². The Labute approximate surface area is 169 Å². The van der Waals surface area contributed by atoms with Crippen molar-refractivity contribution < 1.29 is 18.3 Å². The van der Waals surface area contributed by atoms with Gasteiger partial charge in [0, 0.05) is 12.1 Å². The number of para-hydroxylation sites is 1. The van der Waals surface area contributed by atoms with E-state index in [1.807, 2.05) is 18.2 Å². The number of amides is 1. The molecule has 1 heterocycles. The Bertz CT molecular complexity index is 1060. The average Bonchev–Trinajstić information content (AvgIpc) is 2.69. The van der Waals surface area contributed by atoms with Gasteiger partial charge in [0.15, 0.2) is 5.16 Å². The topological polar surface area (TPSA) is 84.1 Å². The smallest absolute Gasteiger partial charge is 0.251 e. The van der Waals surface area contributed by atoms with Gasteiger partial charge < -0.3 is 15.0 Å². The van der Waals surface area contributed by atoms with Crippen molar-refractivity contribution in [3.63, 3.8) is 0 Å². The monoisotopic (exact) mass is 417 g/mol. The van der Waals surface area contributed by atoms with E-state index in [0.29, 0.717) is 17.5 Å². The molecule has 150 valence electrons. The molecule has 1 unspecified atom stereocenters. The van der Waals surface area contributed by atoms with Gasteiger partial charge in [0.2, 0.25) is 5.91 Å². The van der Waals surface area contributed by atoms with E-state index >= 15 is 0 Å². The van der Waals surface area contributed by atoms with Crippen molar-refractivity contribution in [2.45, 2.75) is 23.9 Å². The summed E-state index contributed by atoms with van der Waals surface area (Å²) in [6.07, 6.45) is 0. The van der Waals surface area contributed by atoms with Crippen LogP contribution in [0, 0.1) is 11.6 Å². The lowest BCUT2D eigenvalue weighted by molar-refractivity contribution is -0.115. The lowest BCUT2D eigenvalue weighted by atomic mass is 10.3. The molecule has 0 spiro atoms. The molecule has 1 atom stereocenters. The maximum Gasteiger partial charge on any atom is 0.251 e. The van der Waals surface area contributed by atoms with Gasteiger partial charge in [0.1, 0.15) is 24.0 Å². The summed E-state index contributed by atoms with van der Waals surface area (Å²) in [5, 5.41) is 1.91. The highest BCUT2D eigenvalue weighted by Gasteiger charge is 2.18. The number of hydrogen-bond donors (Lipinski definition) is 2. The molecular formula is C20H17F2N3O3S. The van der Waals surface area contributed by atoms with Crippen molar-refractivity contribution in [2.75, 3.05) is 5.32 Å². The van der Waals surface area contributed by atoms with Crippen LogP contribution in [0.1, 0.15) is 12.6 Å². The van der Waals surface area contributed by atoms with E-state index in [1.165, 1.54) is 6.07 Å². The molecule has 29 heavy (non-hydrogen) atoms. The van der Waals surface area contributed by atoms with Crippen molar-refractivity contribution in [3.05, 3.63) is 82.3 Å². The summed E-state index contributed by atoms with van der Waals surface area (Å²) in [6, 6.07) is 13.3. The molecule has 1 amide bonds. The zero-order valence-corrected chi connectivity index (χ0v) is 16.1. The molecule has 3 aromatic rings. The van der Waals surface area contributed by atoms with Gasteiger partial charge in [-0.1, -0.05) is 30.0 Å². The van der Waals surface area contributed by atoms with Crippen molar-refractivity contribution in [3.8, 4) is 5.75 Å². The first-order valence-corrected chi connectivity index (χ1v) is 9.49. The number of ether oxygens (including phenoxy) is 1. The number of carbonyl (C=O) groups excluding carboxylic acids is 1. The second kappa shape index (κ2) is 9.33. The molecule has 9 heteroatoms. The summed E-state index contributed by atoms with van der Waals surface area (Å²) in [7, 11) is 0. The SMILES string of the molecule is CC(Sc1nc(COc2ccccc2)cc(=O)[nH]1)C(=O)Nc1ccc(F)cc1F. The minimum Gasteiger partial charge on any atom is -0.487 e. The zero-order valence-electron chi connectivity index (χ0n) is 15.3. The number of anilines is 1. The molecule has 3 rings (SSSR count). The first-order chi connectivity index (χ1) is 13.9. The maximum absolute atomic E-state index is 13.7. The summed E-state index contributed by atoms with van der Waals surface area (Å²) < 4.78 is 32.2. The number of nitrogens with zero attached hydrogens (tertiary/aromatic N) is 1. The number of aromatic amines is 1. The lowest BCUT2D eigenvalue weighted by Crippen LogP contribution is -2.24. The highest BCUT2D eigenvalue weighted by Crippen LogP contribution is 2.22. The molecule has 0 aliphatic heterocycles. The van der Waals surface area contributed by atoms with Crippen LogP contribution in [0.15, 0.2) is 64.5 Å². The van der Waals surface area contributed by atoms with Crippen LogP contribution in [0.25, 0.3) is 0 Å². The van der Waals surface area contributed by atoms with Crippen LogP contribution in [0.3, 0.4) is 0 Å². The predicted molar refractivity (Wildman–Crippen MR) is 106 cm³/mol. The highest BCUT2D eigenvalue weighted by molar-refractivity contribution is 8.00. The van der Waals surface area contributed by atoms with Crippen LogP contribution in [0.2, 0.25) is 0 Å². The van der Waals surface area contributed by atoms with Crippen molar-refractivity contribution in [1.82, 2.24) is 9.97 Å². The highest BCUT2D eigenvalue weighted by atomic mass is 32.2. The largest absolute Gasteiger partial charge is 0.487 e. The van der Waals surface area contributed by atoms with Crippen LogP contribution in [-0.2, 0) is 11.4 Å². The van der Waals surface area contributed by atoms with E-state index in [2.05, 4.69) is 15.3 Å². The number of nitrogens with one attached hydrogen (secondary N) is 2. The van der Waals surface area contributed by atoms with E-state index in [1.54, 1.807) is 19.1 Å². The predicted octanol–water partition coefficient (Wildman–Crippen LogP) is 3.75. The van der Waals surface area contributed by atoms with Crippen LogP contribution in [0.5, 0.6) is 5.75 Å². The summed E-state index contributed by atoms with van der Waals surface area (Å²) in [4.78, 5) is 31.0. The van der Waals surface area contributed by atoms with Gasteiger partial charge >= 0.3 is 0 Å². The molecule has 0 aliphatic carbocycles. The molecule has 6 nitrogen and oxygen atoms in total. The van der Waals surface area contributed by atoms with E-state index < -0.39 is 22.8 Å². The van der Waals surface area contributed by atoms with Crippen molar-refractivity contribution >= 4 is 23.4 Å². The average molecular weight is 417 g/mol. The summed E-state index contributed by atoms with van der Waals surface area (Å²) in [5.74, 6) is -1.49. The van der Waals surface area contributed by atoms with Gasteiger partial charge in [-0.3, -0.25) is 9.59 Å². The number of carbonyl (C=O) groups is 1. The fraction of sp³-hybridized carbons (Fsp3) is 0.150. The van der Waals surface area contributed by atoms with Gasteiger partial charge in [-0.15, -0.1) is 0 Å². The molecule has 2 aromatic carbocycles. The van der Waals surface area contributed by atoms with Crippen LogP contribution in [-0.4, -0.2) is 21.1 Å². The van der Waals surface area contributed by atoms with Gasteiger partial charge in [0.25, 0.3) is 5.56 Å². The van der Waals surface area contributed by atoms with E-state index in [-0.39, 0.29) is 23.0 Å². The third-order valence-corrected chi connectivity index (χ3v) is 4.73. The van der Waals surface area contributed by atoms with Crippen molar-refractivity contribution in [2.24, 2.45) is 0 Å². The molecule has 0 fully saturated rings. The number of hydrogen-bond acceptors (Lipinski definition) is 5. The number of halogens is 2. The third-order valence-electron chi connectivity index (χ3n) is 3.75. The van der Waals surface area contributed by atoms with Gasteiger partial charge in [0.05, 0.1) is 16.6 Å². The Morgan fingerprint density at radius 3 is 2.69 bits per heavy atom. The summed E-state index contributed by atoms with van der Waals surface area (Å²) >= 11 is 0.999. The zero-order chi connectivity index (χ0) is 20.8. The first kappa shape index (κ1) is 20.5. The molecule has 2 N–H and O–H groups in total. The van der Waals surface area contributed by atoms with Gasteiger partial charge in [-0.05, 0) is 31.2 Å². The van der Waals surface area contributed by atoms with Crippen LogP contribution >= 0.6 is 11.8 Å². The second-order valence-electron chi connectivity index (χ2n) is 6.02. The summed E-state index contributed by atoms with van der Waals surface area (Å²) in [5.41, 5.74) is -0.112. The van der Waals surface area contributed by atoms with Crippen LogP contribution < -0.4 is 15.6 Å². The Hall–Kier alpha value is -3.20. The Kier molecular flexibility index (Phi) is 6.61. The number of benzene rings is 2. The molecule has 0 radical (unpaired) electrons. The Balaban J connectivity index is 1.64. The van der Waals surface area contributed by atoms with Crippen molar-refractivity contribution in [1.29, 1.82) is 0 Å². The molecule has 0 bridgehead atoms. The minimum atomic E-state index is -0.873. The quantitative estimate of drug-likeness (QED) is 0.452. The number of aromatic nitrogens is 2. The normalized spacial score (nSPS) is 11.7. The molecule has 0 aliphatic rings. The van der Waals surface area contributed by atoms with Gasteiger partial charge in [-0.25, -0.2) is 13.8 Å². The maximum atomic E-state index is 13.7. The van der Waals surface area contributed by atoms with E-state index in [9.17, 15) is 18.4 Å². The Morgan fingerprint density at radius 2 is 1.97 bits per heavy atom. The Morgan fingerprint density at radius 1 is 1.21 bits per heavy atom. The number of H-pyrrole nitrogens is 1. The minimum absolute atomic E-state index is 0.0862. The lowest BCUT2D eigenvalue weighted by Gasteiger charge is -2.12. The fourth-order valence-electron chi connectivity index (χ4n) is 2.33. The van der Waals surface area contributed by atoms with Crippen LogP contribution in [0.4, 0.5) is 14.5 Å². The third kappa shape index (κ3) is 5.89. The molecule has 1 aromatic heterocycles. The second-order valence-corrected chi connectivity index (χ2v) is 7.35. The molecular weight excluding hydrogens is 400 g/mol.